The van der Waals surface area contributed by atoms with E-state index >= 15 is 0 Å². The Kier molecular flexibility index (Phi) is 3.65. The largest absolute Gasteiger partial charge is 0.341 e. The Morgan fingerprint density at radius 3 is 2.72 bits per heavy atom. The zero-order valence-corrected chi connectivity index (χ0v) is 14.5. The molecule has 0 unspecified atom stereocenters. The van der Waals surface area contributed by atoms with E-state index < -0.39 is 5.66 Å². The highest BCUT2D eigenvalue weighted by molar-refractivity contribution is 6.30. The SMILES string of the molecule is CNC(=O)N1CCN2C(=O)c3cccnc3C[C@]12c1ccc(Cl)cc1. The summed E-state index contributed by atoms with van der Waals surface area (Å²) in [5.41, 5.74) is 1.27. The first kappa shape index (κ1) is 15.9. The maximum absolute atomic E-state index is 13.1. The molecular weight excluding hydrogens is 340 g/mol. The predicted molar refractivity (Wildman–Crippen MR) is 93.3 cm³/mol. The van der Waals surface area contributed by atoms with Gasteiger partial charge < -0.3 is 10.2 Å². The Morgan fingerprint density at radius 1 is 1.24 bits per heavy atom. The molecular formula is C18H17ClN4O2. The molecule has 0 aliphatic carbocycles. The summed E-state index contributed by atoms with van der Waals surface area (Å²) < 4.78 is 0. The van der Waals surface area contributed by atoms with Crippen LogP contribution in [0.5, 0.6) is 0 Å². The quantitative estimate of drug-likeness (QED) is 0.852. The van der Waals surface area contributed by atoms with E-state index in [0.717, 1.165) is 5.56 Å². The van der Waals surface area contributed by atoms with Crippen LogP contribution in [0.2, 0.25) is 5.02 Å². The summed E-state index contributed by atoms with van der Waals surface area (Å²) in [6.07, 6.45) is 2.13. The number of rotatable bonds is 1. The molecule has 1 saturated heterocycles. The lowest BCUT2D eigenvalue weighted by molar-refractivity contribution is 0.0198. The van der Waals surface area contributed by atoms with Crippen molar-refractivity contribution >= 4 is 23.5 Å². The van der Waals surface area contributed by atoms with Crippen molar-refractivity contribution < 1.29 is 9.59 Å². The van der Waals surface area contributed by atoms with E-state index in [9.17, 15) is 9.59 Å². The molecule has 25 heavy (non-hydrogen) atoms. The van der Waals surface area contributed by atoms with Crippen molar-refractivity contribution in [3.63, 3.8) is 0 Å². The molecule has 1 aromatic carbocycles. The number of aromatic nitrogens is 1. The molecule has 2 aliphatic rings. The van der Waals surface area contributed by atoms with Crippen molar-refractivity contribution in [2.75, 3.05) is 20.1 Å². The van der Waals surface area contributed by atoms with Crippen molar-refractivity contribution in [2.45, 2.75) is 12.1 Å². The minimum atomic E-state index is -0.886. The van der Waals surface area contributed by atoms with Gasteiger partial charge in [0.1, 0.15) is 0 Å². The molecule has 2 aromatic rings. The lowest BCUT2D eigenvalue weighted by Gasteiger charge is -2.46. The molecule has 4 rings (SSSR count). The number of hydrogen-bond acceptors (Lipinski definition) is 3. The average Bonchev–Trinajstić information content (AvgIpc) is 3.02. The van der Waals surface area contributed by atoms with Crippen molar-refractivity contribution in [1.82, 2.24) is 20.1 Å². The van der Waals surface area contributed by atoms with Gasteiger partial charge in [0.25, 0.3) is 5.91 Å². The standard InChI is InChI=1S/C18H17ClN4O2/c1-20-17(25)23-10-9-22-16(24)14-3-2-8-21-15(14)11-18(22,23)12-4-6-13(19)7-5-12/h2-8H,9-11H2,1H3,(H,20,25)/t18-/m1/s1. The molecule has 0 bridgehead atoms. The third-order valence-electron chi connectivity index (χ3n) is 4.99. The van der Waals surface area contributed by atoms with Crippen LogP contribution in [0.1, 0.15) is 21.6 Å². The van der Waals surface area contributed by atoms with Gasteiger partial charge in [-0.3, -0.25) is 14.7 Å². The normalized spacial score (nSPS) is 21.8. The number of carbonyl (C=O) groups is 2. The molecule has 1 aromatic heterocycles. The van der Waals surface area contributed by atoms with Crippen LogP contribution in [-0.4, -0.2) is 46.9 Å². The number of urea groups is 1. The Balaban J connectivity index is 1.93. The van der Waals surface area contributed by atoms with Gasteiger partial charge in [-0.25, -0.2) is 4.79 Å². The second-order valence-electron chi connectivity index (χ2n) is 6.16. The number of amides is 3. The topological polar surface area (TPSA) is 65.5 Å². The Morgan fingerprint density at radius 2 is 2.00 bits per heavy atom. The van der Waals surface area contributed by atoms with Crippen LogP contribution in [0.4, 0.5) is 4.79 Å². The summed E-state index contributed by atoms with van der Waals surface area (Å²) in [5.74, 6) is -0.101. The first-order chi connectivity index (χ1) is 12.1. The van der Waals surface area contributed by atoms with Crippen LogP contribution in [0.25, 0.3) is 0 Å². The fourth-order valence-electron chi connectivity index (χ4n) is 3.86. The number of hydrogen-bond donors (Lipinski definition) is 1. The van der Waals surface area contributed by atoms with Gasteiger partial charge in [0, 0.05) is 37.8 Å². The van der Waals surface area contributed by atoms with Gasteiger partial charge in [0.05, 0.1) is 11.3 Å². The Labute approximate surface area is 150 Å². The zero-order chi connectivity index (χ0) is 17.6. The fourth-order valence-corrected chi connectivity index (χ4v) is 3.99. The van der Waals surface area contributed by atoms with Gasteiger partial charge in [-0.2, -0.15) is 0 Å². The molecule has 1 atom stereocenters. The maximum Gasteiger partial charge on any atom is 0.319 e. The van der Waals surface area contributed by atoms with Gasteiger partial charge >= 0.3 is 6.03 Å². The molecule has 2 aliphatic heterocycles. The van der Waals surface area contributed by atoms with Gasteiger partial charge in [0.2, 0.25) is 0 Å². The van der Waals surface area contributed by atoms with E-state index in [1.54, 1.807) is 47.3 Å². The number of nitrogens with one attached hydrogen (secondary N) is 1. The molecule has 3 heterocycles. The van der Waals surface area contributed by atoms with Gasteiger partial charge in [-0.1, -0.05) is 23.7 Å². The summed E-state index contributed by atoms with van der Waals surface area (Å²) in [6.45, 7) is 0.936. The van der Waals surface area contributed by atoms with E-state index in [1.807, 2.05) is 12.1 Å². The summed E-state index contributed by atoms with van der Waals surface area (Å²) in [5, 5.41) is 3.30. The summed E-state index contributed by atoms with van der Waals surface area (Å²) in [6, 6.07) is 10.6. The molecule has 0 spiro atoms. The highest BCUT2D eigenvalue weighted by atomic mass is 35.5. The molecule has 1 N–H and O–H groups in total. The third-order valence-corrected chi connectivity index (χ3v) is 5.24. The van der Waals surface area contributed by atoms with Crippen LogP contribution in [0.15, 0.2) is 42.6 Å². The summed E-state index contributed by atoms with van der Waals surface area (Å²) >= 11 is 6.04. The second-order valence-corrected chi connectivity index (χ2v) is 6.60. The third kappa shape index (κ3) is 2.21. The van der Waals surface area contributed by atoms with Crippen LogP contribution < -0.4 is 5.32 Å². The van der Waals surface area contributed by atoms with Crippen molar-refractivity contribution in [2.24, 2.45) is 0 Å². The van der Waals surface area contributed by atoms with Crippen LogP contribution in [0, 0.1) is 0 Å². The molecule has 6 nitrogen and oxygen atoms in total. The lowest BCUT2D eigenvalue weighted by atomic mass is 9.86. The van der Waals surface area contributed by atoms with Crippen molar-refractivity contribution in [3.05, 3.63) is 64.4 Å². The van der Waals surface area contributed by atoms with Gasteiger partial charge in [-0.15, -0.1) is 0 Å². The van der Waals surface area contributed by atoms with Crippen molar-refractivity contribution in [3.8, 4) is 0 Å². The fraction of sp³-hybridized carbons (Fsp3) is 0.278. The van der Waals surface area contributed by atoms with Gasteiger partial charge in [0.15, 0.2) is 5.66 Å². The number of halogens is 1. The number of pyridine rings is 1. The minimum absolute atomic E-state index is 0.101. The van der Waals surface area contributed by atoms with Crippen LogP contribution in [0.3, 0.4) is 0 Å². The maximum atomic E-state index is 13.1. The van der Waals surface area contributed by atoms with Crippen LogP contribution >= 0.6 is 11.6 Å². The molecule has 0 saturated carbocycles. The summed E-state index contributed by atoms with van der Waals surface area (Å²) in [7, 11) is 1.59. The highest BCUT2D eigenvalue weighted by Gasteiger charge is 2.56. The minimum Gasteiger partial charge on any atom is -0.341 e. The molecule has 1 fully saturated rings. The molecule has 3 amide bonds. The van der Waals surface area contributed by atoms with E-state index in [2.05, 4.69) is 10.3 Å². The summed E-state index contributed by atoms with van der Waals surface area (Å²) in [4.78, 5) is 33.6. The zero-order valence-electron chi connectivity index (χ0n) is 13.7. The number of fused-ring (bicyclic) bond motifs is 2. The van der Waals surface area contributed by atoms with Crippen LogP contribution in [-0.2, 0) is 12.1 Å². The molecule has 0 radical (unpaired) electrons. The second kappa shape index (κ2) is 5.74. The first-order valence-electron chi connectivity index (χ1n) is 8.09. The van der Waals surface area contributed by atoms with E-state index in [0.29, 0.717) is 35.8 Å². The predicted octanol–water partition coefficient (Wildman–Crippen LogP) is 2.24. The lowest BCUT2D eigenvalue weighted by Crippen LogP contribution is -2.60. The smallest absolute Gasteiger partial charge is 0.319 e. The first-order valence-corrected chi connectivity index (χ1v) is 8.47. The monoisotopic (exact) mass is 356 g/mol. The number of benzene rings is 1. The van der Waals surface area contributed by atoms with E-state index in [1.165, 1.54) is 0 Å². The number of carbonyl (C=O) groups excluding carboxylic acids is 2. The van der Waals surface area contributed by atoms with Gasteiger partial charge in [-0.05, 0) is 29.8 Å². The number of nitrogens with zero attached hydrogens (tertiary/aromatic N) is 3. The van der Waals surface area contributed by atoms with E-state index in [-0.39, 0.29) is 11.9 Å². The average molecular weight is 357 g/mol. The Bertz CT molecular complexity index is 854. The highest BCUT2D eigenvalue weighted by Crippen LogP contribution is 2.44. The van der Waals surface area contributed by atoms with Crippen molar-refractivity contribution in [1.29, 1.82) is 0 Å². The molecule has 7 heteroatoms. The molecule has 128 valence electrons. The Hall–Kier alpha value is -2.60. The van der Waals surface area contributed by atoms with E-state index in [4.69, 9.17) is 11.6 Å².